The highest BCUT2D eigenvalue weighted by Crippen LogP contribution is 2.41. The van der Waals surface area contributed by atoms with Crippen molar-refractivity contribution in [3.63, 3.8) is 0 Å². The number of hydrogen-bond acceptors (Lipinski definition) is 9. The summed E-state index contributed by atoms with van der Waals surface area (Å²) in [5, 5.41) is 0. The predicted octanol–water partition coefficient (Wildman–Crippen LogP) is 2.76. The van der Waals surface area contributed by atoms with Crippen LogP contribution in [0.1, 0.15) is 18.1 Å². The van der Waals surface area contributed by atoms with Crippen LogP contribution in [0.2, 0.25) is 0 Å². The average Bonchev–Trinajstić information content (AvgIpc) is 2.70. The van der Waals surface area contributed by atoms with E-state index < -0.39 is 26.3 Å². The zero-order chi connectivity index (χ0) is 23.2. The van der Waals surface area contributed by atoms with Crippen molar-refractivity contribution in [2.24, 2.45) is 0 Å². The second kappa shape index (κ2) is 10.3. The summed E-state index contributed by atoms with van der Waals surface area (Å²) >= 11 is 0. The smallest absolute Gasteiger partial charge is 0.264 e. The van der Waals surface area contributed by atoms with Gasteiger partial charge in [-0.2, -0.15) is 16.8 Å². The summed E-state index contributed by atoms with van der Waals surface area (Å²) < 4.78 is 72.0. The summed E-state index contributed by atoms with van der Waals surface area (Å²) in [6.07, 6.45) is 0.933. The van der Waals surface area contributed by atoms with Crippen molar-refractivity contribution >= 4 is 20.2 Å². The lowest BCUT2D eigenvalue weighted by atomic mass is 9.99. The molecule has 1 unspecified atom stereocenters. The van der Waals surface area contributed by atoms with E-state index in [1.807, 2.05) is 6.07 Å². The zero-order valence-electron chi connectivity index (χ0n) is 17.9. The highest BCUT2D eigenvalue weighted by molar-refractivity contribution is 7.86. The van der Waals surface area contributed by atoms with E-state index in [1.165, 1.54) is 21.3 Å². The molecule has 0 fully saturated rings. The van der Waals surface area contributed by atoms with Crippen LogP contribution in [-0.2, 0) is 28.6 Å². The van der Waals surface area contributed by atoms with E-state index in [1.54, 1.807) is 30.3 Å². The molecule has 0 aromatic heterocycles. The van der Waals surface area contributed by atoms with Crippen LogP contribution < -0.4 is 14.2 Å². The minimum absolute atomic E-state index is 0.0127. The molecule has 0 spiro atoms. The van der Waals surface area contributed by atoms with Crippen LogP contribution >= 0.6 is 0 Å². The van der Waals surface area contributed by atoms with Gasteiger partial charge < -0.3 is 14.2 Å². The lowest BCUT2D eigenvalue weighted by Crippen LogP contribution is -2.14. The fourth-order valence-electron chi connectivity index (χ4n) is 2.95. The Labute approximate surface area is 183 Å². The standard InChI is InChI=1S/C20H26O9S2/c1-25-18-12-16(13-19(26-2)20(18)27-3)14-7-6-8-15(11-14)17(29-31(5,23)24)9-10-28-30(4,21)22/h6-8,11-13,17H,9-10H2,1-5H3. The SMILES string of the molecule is COc1cc(-c2cccc(C(CCOS(C)(=O)=O)OS(C)(=O)=O)c2)cc(OC)c1OC. The molecule has 0 aliphatic carbocycles. The number of ether oxygens (including phenoxy) is 3. The molecule has 9 nitrogen and oxygen atoms in total. The number of hydrogen-bond donors (Lipinski definition) is 0. The van der Waals surface area contributed by atoms with E-state index in [9.17, 15) is 16.8 Å². The average molecular weight is 475 g/mol. The summed E-state index contributed by atoms with van der Waals surface area (Å²) in [6.45, 7) is -0.229. The van der Waals surface area contributed by atoms with Gasteiger partial charge in [0.05, 0.1) is 40.4 Å². The highest BCUT2D eigenvalue weighted by atomic mass is 32.2. The Balaban J connectivity index is 2.45. The number of methoxy groups -OCH3 is 3. The summed E-state index contributed by atoms with van der Waals surface area (Å²) in [7, 11) is -2.95. The van der Waals surface area contributed by atoms with Gasteiger partial charge in [-0.25, -0.2) is 0 Å². The number of benzene rings is 2. The first-order valence-corrected chi connectivity index (χ1v) is 12.7. The van der Waals surface area contributed by atoms with E-state index in [-0.39, 0.29) is 13.0 Å². The monoisotopic (exact) mass is 474 g/mol. The maximum absolute atomic E-state index is 11.7. The van der Waals surface area contributed by atoms with Crippen LogP contribution in [0.3, 0.4) is 0 Å². The first kappa shape index (κ1) is 24.9. The topological polar surface area (TPSA) is 114 Å². The lowest BCUT2D eigenvalue weighted by molar-refractivity contribution is 0.174. The minimum atomic E-state index is -3.81. The molecule has 2 aromatic rings. The Morgan fingerprint density at radius 1 is 0.806 bits per heavy atom. The summed E-state index contributed by atoms with van der Waals surface area (Å²) in [5.74, 6) is 1.38. The summed E-state index contributed by atoms with van der Waals surface area (Å²) in [6, 6.07) is 10.5. The molecular weight excluding hydrogens is 448 g/mol. The third-order valence-corrected chi connectivity index (χ3v) is 5.40. The van der Waals surface area contributed by atoms with Crippen molar-refractivity contribution in [3.05, 3.63) is 42.0 Å². The summed E-state index contributed by atoms with van der Waals surface area (Å²) in [4.78, 5) is 0. The van der Waals surface area contributed by atoms with Crippen LogP contribution in [0.5, 0.6) is 17.2 Å². The molecule has 1 atom stereocenters. The number of rotatable bonds is 11. The molecule has 31 heavy (non-hydrogen) atoms. The van der Waals surface area contributed by atoms with Gasteiger partial charge in [0.25, 0.3) is 20.2 Å². The third-order valence-electron chi connectivity index (χ3n) is 4.22. The Morgan fingerprint density at radius 3 is 1.90 bits per heavy atom. The van der Waals surface area contributed by atoms with E-state index in [0.717, 1.165) is 23.6 Å². The van der Waals surface area contributed by atoms with Crippen molar-refractivity contribution in [1.29, 1.82) is 0 Å². The molecule has 0 radical (unpaired) electrons. The first-order valence-electron chi connectivity index (χ1n) is 9.10. The van der Waals surface area contributed by atoms with Crippen LogP contribution in [0, 0.1) is 0 Å². The van der Waals surface area contributed by atoms with Crippen molar-refractivity contribution in [1.82, 2.24) is 0 Å². The predicted molar refractivity (Wildman–Crippen MR) is 116 cm³/mol. The molecule has 0 saturated heterocycles. The molecule has 2 aromatic carbocycles. The van der Waals surface area contributed by atoms with Gasteiger partial charge in [0.2, 0.25) is 5.75 Å². The first-order chi connectivity index (χ1) is 14.5. The van der Waals surface area contributed by atoms with Gasteiger partial charge in [0, 0.05) is 6.42 Å². The minimum Gasteiger partial charge on any atom is -0.493 e. The molecule has 0 amide bonds. The molecule has 0 aliphatic heterocycles. The molecule has 0 aliphatic rings. The normalized spacial score (nSPS) is 12.9. The lowest BCUT2D eigenvalue weighted by Gasteiger charge is -2.18. The Morgan fingerprint density at radius 2 is 1.42 bits per heavy atom. The Hall–Kier alpha value is -2.34. The second-order valence-electron chi connectivity index (χ2n) is 6.64. The van der Waals surface area contributed by atoms with Gasteiger partial charge in [-0.1, -0.05) is 18.2 Å². The molecule has 0 saturated carbocycles. The van der Waals surface area contributed by atoms with Crippen LogP contribution in [0.15, 0.2) is 36.4 Å². The van der Waals surface area contributed by atoms with Gasteiger partial charge in [0.1, 0.15) is 6.10 Å². The zero-order valence-corrected chi connectivity index (χ0v) is 19.6. The second-order valence-corrected chi connectivity index (χ2v) is 9.89. The quantitative estimate of drug-likeness (QED) is 0.453. The third kappa shape index (κ3) is 7.39. The molecule has 172 valence electrons. The van der Waals surface area contributed by atoms with E-state index in [4.69, 9.17) is 22.6 Å². The van der Waals surface area contributed by atoms with Crippen molar-refractivity contribution in [3.8, 4) is 28.4 Å². The van der Waals surface area contributed by atoms with Crippen LogP contribution in [0.25, 0.3) is 11.1 Å². The van der Waals surface area contributed by atoms with Crippen molar-refractivity contribution in [2.75, 3.05) is 40.4 Å². The van der Waals surface area contributed by atoms with Gasteiger partial charge >= 0.3 is 0 Å². The van der Waals surface area contributed by atoms with Gasteiger partial charge in [-0.15, -0.1) is 0 Å². The molecule has 0 N–H and O–H groups in total. The maximum atomic E-state index is 11.7. The Kier molecular flexibility index (Phi) is 8.29. The summed E-state index contributed by atoms with van der Waals surface area (Å²) in [5.41, 5.74) is 2.01. The van der Waals surface area contributed by atoms with Crippen molar-refractivity contribution in [2.45, 2.75) is 12.5 Å². The maximum Gasteiger partial charge on any atom is 0.264 e. The fourth-order valence-corrected chi connectivity index (χ4v) is 3.98. The molecule has 2 rings (SSSR count). The van der Waals surface area contributed by atoms with Crippen LogP contribution in [0.4, 0.5) is 0 Å². The van der Waals surface area contributed by atoms with Crippen molar-refractivity contribution < 1.29 is 39.4 Å². The largest absolute Gasteiger partial charge is 0.493 e. The molecule has 0 heterocycles. The fraction of sp³-hybridized carbons (Fsp3) is 0.400. The molecular formula is C20H26O9S2. The van der Waals surface area contributed by atoms with Gasteiger partial charge in [0.15, 0.2) is 11.5 Å². The molecule has 11 heteroatoms. The highest BCUT2D eigenvalue weighted by Gasteiger charge is 2.20. The van der Waals surface area contributed by atoms with E-state index in [2.05, 4.69) is 0 Å². The van der Waals surface area contributed by atoms with Gasteiger partial charge in [-0.05, 0) is 34.9 Å². The molecule has 0 bridgehead atoms. The Bertz CT molecular complexity index is 1080. The van der Waals surface area contributed by atoms with Gasteiger partial charge in [-0.3, -0.25) is 8.37 Å². The van der Waals surface area contributed by atoms with E-state index >= 15 is 0 Å². The van der Waals surface area contributed by atoms with E-state index in [0.29, 0.717) is 22.8 Å². The van der Waals surface area contributed by atoms with Crippen LogP contribution in [-0.4, -0.2) is 57.3 Å².